The van der Waals surface area contributed by atoms with Gasteiger partial charge >= 0.3 is 7.12 Å². The maximum atomic E-state index is 5.85. The van der Waals surface area contributed by atoms with E-state index in [0.717, 1.165) is 10.8 Å². The largest absolute Gasteiger partial charge is 0.563 e. The smallest absolute Gasteiger partial charge is 0.534 e. The van der Waals surface area contributed by atoms with Crippen molar-refractivity contribution in [3.05, 3.63) is 42.2 Å². The molecule has 1 saturated heterocycles. The van der Waals surface area contributed by atoms with E-state index in [9.17, 15) is 0 Å². The van der Waals surface area contributed by atoms with Crippen molar-refractivity contribution in [3.63, 3.8) is 0 Å². The minimum Gasteiger partial charge on any atom is -0.534 e. The van der Waals surface area contributed by atoms with Crippen molar-refractivity contribution in [2.45, 2.75) is 24.8 Å². The van der Waals surface area contributed by atoms with Crippen LogP contribution >= 0.6 is 15.9 Å². The summed E-state index contributed by atoms with van der Waals surface area (Å²) in [5.41, 5.74) is 1.83. The summed E-state index contributed by atoms with van der Waals surface area (Å²) in [6.45, 7) is 7.81. The lowest BCUT2D eigenvalue weighted by molar-refractivity contribution is 0.173. The molecule has 1 aliphatic rings. The average Bonchev–Trinajstić information content (AvgIpc) is 2.53. The number of hydrogen-bond donors (Lipinski definition) is 0. The van der Waals surface area contributed by atoms with Crippen LogP contribution in [0.3, 0.4) is 0 Å². The molecule has 0 saturated carbocycles. The number of rotatable bonds is 2. The minimum absolute atomic E-state index is 0.337. The van der Waals surface area contributed by atoms with Crippen LogP contribution < -0.4 is 5.46 Å². The molecule has 4 heteroatoms. The molecule has 0 spiro atoms. The first-order valence-corrected chi connectivity index (χ1v) is 6.34. The molecule has 1 fully saturated rings. The highest BCUT2D eigenvalue weighted by molar-refractivity contribution is 9.08. The van der Waals surface area contributed by atoms with Gasteiger partial charge in [-0.1, -0.05) is 46.8 Å². The Morgan fingerprint density at radius 1 is 1.38 bits per heavy atom. The molecule has 0 aromatic heterocycles. The fourth-order valence-electron chi connectivity index (χ4n) is 1.64. The van der Waals surface area contributed by atoms with Crippen molar-refractivity contribution in [1.82, 2.24) is 0 Å². The lowest BCUT2D eigenvalue weighted by Gasteiger charge is -2.15. The molecule has 1 heterocycles. The lowest BCUT2D eigenvalue weighted by atomic mass is 9.76. The Morgan fingerprint density at radius 2 is 2.06 bits per heavy atom. The SMILES string of the molecule is C=C1OB(c2ccccc2CBr)OC1(C)C. The fourth-order valence-corrected chi connectivity index (χ4v) is 2.15. The monoisotopic (exact) mass is 280 g/mol. The molecular weight excluding hydrogens is 267 g/mol. The van der Waals surface area contributed by atoms with E-state index in [1.54, 1.807) is 0 Å². The van der Waals surface area contributed by atoms with Gasteiger partial charge in [0.15, 0.2) is 0 Å². The second-order valence-electron chi connectivity index (χ2n) is 4.33. The summed E-state index contributed by atoms with van der Waals surface area (Å²) in [5, 5.41) is 0.791. The highest BCUT2D eigenvalue weighted by atomic mass is 79.9. The first-order chi connectivity index (χ1) is 7.54. The Hall–Kier alpha value is -0.735. The van der Waals surface area contributed by atoms with E-state index in [1.165, 1.54) is 5.56 Å². The molecule has 1 aromatic carbocycles. The quantitative estimate of drug-likeness (QED) is 0.613. The zero-order valence-corrected chi connectivity index (χ0v) is 11.1. The van der Waals surface area contributed by atoms with Crippen molar-refractivity contribution in [2.75, 3.05) is 0 Å². The van der Waals surface area contributed by atoms with Crippen molar-refractivity contribution in [1.29, 1.82) is 0 Å². The van der Waals surface area contributed by atoms with Gasteiger partial charge in [-0.3, -0.25) is 0 Å². The average molecular weight is 281 g/mol. The van der Waals surface area contributed by atoms with Gasteiger partial charge in [-0.2, -0.15) is 0 Å². The molecule has 0 aliphatic carbocycles. The summed E-state index contributed by atoms with van der Waals surface area (Å²) in [6, 6.07) is 8.08. The molecule has 16 heavy (non-hydrogen) atoms. The molecule has 0 N–H and O–H groups in total. The van der Waals surface area contributed by atoms with Crippen molar-refractivity contribution < 1.29 is 9.31 Å². The van der Waals surface area contributed by atoms with Gasteiger partial charge in [0, 0.05) is 10.8 Å². The maximum absolute atomic E-state index is 5.85. The third kappa shape index (κ3) is 2.04. The van der Waals surface area contributed by atoms with E-state index in [2.05, 4.69) is 28.6 Å². The van der Waals surface area contributed by atoms with Crippen LogP contribution in [-0.4, -0.2) is 12.7 Å². The number of hydrogen-bond acceptors (Lipinski definition) is 2. The topological polar surface area (TPSA) is 18.5 Å². The predicted molar refractivity (Wildman–Crippen MR) is 69.9 cm³/mol. The van der Waals surface area contributed by atoms with E-state index in [4.69, 9.17) is 9.31 Å². The standard InChI is InChI=1S/C12H14BBrO2/c1-9-12(2,3)16-13(15-9)11-7-5-4-6-10(11)8-14/h4-7H,1,8H2,2-3H3. The van der Waals surface area contributed by atoms with Crippen LogP contribution in [0.25, 0.3) is 0 Å². The molecule has 2 nitrogen and oxygen atoms in total. The Balaban J connectivity index is 2.30. The number of halogens is 1. The Kier molecular flexibility index (Phi) is 3.13. The fraction of sp³-hybridized carbons (Fsp3) is 0.333. The first kappa shape index (κ1) is 11.7. The molecule has 0 atom stereocenters. The van der Waals surface area contributed by atoms with Crippen LogP contribution in [0.1, 0.15) is 19.4 Å². The van der Waals surface area contributed by atoms with Gasteiger partial charge in [0.1, 0.15) is 5.60 Å². The third-order valence-corrected chi connectivity index (χ3v) is 3.38. The Labute approximate surface area is 105 Å². The van der Waals surface area contributed by atoms with Gasteiger partial charge in [0.25, 0.3) is 0 Å². The predicted octanol–water partition coefficient (Wildman–Crippen LogP) is 2.62. The van der Waals surface area contributed by atoms with Crippen LogP contribution in [0, 0.1) is 0 Å². The van der Waals surface area contributed by atoms with Gasteiger partial charge < -0.3 is 9.31 Å². The normalized spacial score (nSPS) is 18.7. The zero-order valence-electron chi connectivity index (χ0n) is 9.50. The van der Waals surface area contributed by atoms with Crippen molar-refractivity contribution in [2.24, 2.45) is 0 Å². The Morgan fingerprint density at radius 3 is 2.62 bits per heavy atom. The molecule has 1 aromatic rings. The molecular formula is C12H14BBrO2. The van der Waals surface area contributed by atoms with Gasteiger partial charge in [-0.25, -0.2) is 0 Å². The van der Waals surface area contributed by atoms with Gasteiger partial charge in [-0.15, -0.1) is 0 Å². The summed E-state index contributed by atoms with van der Waals surface area (Å²) >= 11 is 3.47. The van der Waals surface area contributed by atoms with Crippen LogP contribution in [-0.2, 0) is 14.6 Å². The van der Waals surface area contributed by atoms with Crippen LogP contribution in [0.5, 0.6) is 0 Å². The lowest BCUT2D eigenvalue weighted by Crippen LogP contribution is -2.36. The minimum atomic E-state index is -0.413. The number of benzene rings is 1. The molecule has 0 radical (unpaired) electrons. The van der Waals surface area contributed by atoms with Crippen LogP contribution in [0.15, 0.2) is 36.6 Å². The molecule has 0 bridgehead atoms. The summed E-state index contributed by atoms with van der Waals surface area (Å²) in [6.07, 6.45) is 0. The second kappa shape index (κ2) is 4.26. The molecule has 0 amide bonds. The molecule has 2 rings (SSSR count). The van der Waals surface area contributed by atoms with E-state index in [-0.39, 0.29) is 7.12 Å². The van der Waals surface area contributed by atoms with Crippen LogP contribution in [0.4, 0.5) is 0 Å². The highest BCUT2D eigenvalue weighted by Crippen LogP contribution is 2.29. The van der Waals surface area contributed by atoms with Crippen molar-refractivity contribution in [3.8, 4) is 0 Å². The number of alkyl halides is 1. The van der Waals surface area contributed by atoms with Crippen LogP contribution in [0.2, 0.25) is 0 Å². The second-order valence-corrected chi connectivity index (χ2v) is 4.89. The molecule has 1 aliphatic heterocycles. The summed E-state index contributed by atoms with van der Waals surface area (Å²) in [4.78, 5) is 0. The summed E-state index contributed by atoms with van der Waals surface area (Å²) in [5.74, 6) is 0.682. The molecule has 0 unspecified atom stereocenters. The van der Waals surface area contributed by atoms with Crippen molar-refractivity contribution >= 4 is 28.5 Å². The highest BCUT2D eigenvalue weighted by Gasteiger charge is 2.43. The third-order valence-electron chi connectivity index (χ3n) is 2.78. The Bertz CT molecular complexity index is 417. The maximum Gasteiger partial charge on any atom is 0.563 e. The summed E-state index contributed by atoms with van der Waals surface area (Å²) in [7, 11) is -0.337. The van der Waals surface area contributed by atoms with Gasteiger partial charge in [0.05, 0.1) is 5.76 Å². The molecule has 84 valence electrons. The van der Waals surface area contributed by atoms with E-state index >= 15 is 0 Å². The van der Waals surface area contributed by atoms with Gasteiger partial charge in [0.2, 0.25) is 0 Å². The van der Waals surface area contributed by atoms with E-state index in [1.807, 2.05) is 32.0 Å². The zero-order chi connectivity index (χ0) is 11.8. The van der Waals surface area contributed by atoms with E-state index in [0.29, 0.717) is 5.76 Å². The summed E-state index contributed by atoms with van der Waals surface area (Å²) < 4.78 is 11.5. The van der Waals surface area contributed by atoms with Gasteiger partial charge in [-0.05, 0) is 19.4 Å². The first-order valence-electron chi connectivity index (χ1n) is 5.22. The van der Waals surface area contributed by atoms with E-state index < -0.39 is 5.60 Å².